The lowest BCUT2D eigenvalue weighted by atomic mass is 10.00. The molecule has 0 heterocycles. The van der Waals surface area contributed by atoms with Crippen LogP contribution in [0.3, 0.4) is 0 Å². The average Bonchev–Trinajstić information content (AvgIpc) is 2.51. The van der Waals surface area contributed by atoms with Crippen LogP contribution in [0.2, 0.25) is 0 Å². The fourth-order valence-corrected chi connectivity index (χ4v) is 2.20. The molecule has 0 saturated heterocycles. The van der Waals surface area contributed by atoms with E-state index in [1.807, 2.05) is 36.4 Å². The molecule has 110 valence electrons. The highest BCUT2D eigenvalue weighted by molar-refractivity contribution is 5.91. The van der Waals surface area contributed by atoms with Crippen LogP contribution in [-0.4, -0.2) is 24.4 Å². The molecule has 0 radical (unpaired) electrons. The van der Waals surface area contributed by atoms with E-state index in [9.17, 15) is 10.4 Å². The van der Waals surface area contributed by atoms with Crippen molar-refractivity contribution in [3.8, 4) is 11.8 Å². The van der Waals surface area contributed by atoms with Crippen LogP contribution >= 0.6 is 0 Å². The molecule has 0 amide bonds. The van der Waals surface area contributed by atoms with Crippen LogP contribution in [0.5, 0.6) is 5.75 Å². The Labute approximate surface area is 124 Å². The number of hydrogen-bond acceptors (Lipinski definition) is 4. The van der Waals surface area contributed by atoms with Crippen LogP contribution in [0.15, 0.2) is 36.4 Å². The summed E-state index contributed by atoms with van der Waals surface area (Å²) in [6.07, 6.45) is -1.79. The molecule has 2 aromatic rings. The second kappa shape index (κ2) is 6.57. The molecule has 21 heavy (non-hydrogen) atoms. The van der Waals surface area contributed by atoms with Gasteiger partial charge in [0.15, 0.2) is 6.10 Å². The molecule has 0 spiro atoms. The number of aliphatic hydroxyl groups excluding tert-OH is 1. The van der Waals surface area contributed by atoms with Crippen molar-refractivity contribution in [1.29, 1.82) is 5.26 Å². The van der Waals surface area contributed by atoms with Crippen molar-refractivity contribution in [1.82, 2.24) is 0 Å². The van der Waals surface area contributed by atoms with E-state index in [0.29, 0.717) is 0 Å². The summed E-state index contributed by atoms with van der Waals surface area (Å²) in [4.78, 5) is 0. The highest BCUT2D eigenvalue weighted by Crippen LogP contribution is 2.33. The third-order valence-electron chi connectivity index (χ3n) is 3.57. The van der Waals surface area contributed by atoms with Crippen LogP contribution in [0.1, 0.15) is 25.5 Å². The topological polar surface area (TPSA) is 62.5 Å². The summed E-state index contributed by atoms with van der Waals surface area (Å²) >= 11 is 0. The standard InChI is InChI=1S/C17H19NO3/c1-11(19)12(2)21-17(10-18)15-8-9-16(20-3)14-7-5-4-6-13(14)15/h4-9,11-12,17,19H,1-3H3. The van der Waals surface area contributed by atoms with Gasteiger partial charge >= 0.3 is 0 Å². The zero-order valence-corrected chi connectivity index (χ0v) is 12.4. The Balaban J connectivity index is 2.48. The van der Waals surface area contributed by atoms with Gasteiger partial charge in [0.1, 0.15) is 5.75 Å². The Morgan fingerprint density at radius 1 is 1.10 bits per heavy atom. The maximum absolute atomic E-state index is 9.55. The molecule has 1 N–H and O–H groups in total. The van der Waals surface area contributed by atoms with E-state index in [0.717, 1.165) is 22.1 Å². The summed E-state index contributed by atoms with van der Waals surface area (Å²) in [6.45, 7) is 3.39. The first kappa shape index (κ1) is 15.3. The zero-order chi connectivity index (χ0) is 15.4. The number of rotatable bonds is 5. The fourth-order valence-electron chi connectivity index (χ4n) is 2.20. The van der Waals surface area contributed by atoms with Gasteiger partial charge in [0.05, 0.1) is 25.4 Å². The van der Waals surface area contributed by atoms with E-state index in [4.69, 9.17) is 9.47 Å². The zero-order valence-electron chi connectivity index (χ0n) is 12.4. The summed E-state index contributed by atoms with van der Waals surface area (Å²) in [5.41, 5.74) is 0.779. The quantitative estimate of drug-likeness (QED) is 0.916. The number of hydrogen-bond donors (Lipinski definition) is 1. The number of ether oxygens (including phenoxy) is 2. The van der Waals surface area contributed by atoms with Crippen molar-refractivity contribution >= 4 is 10.8 Å². The predicted molar refractivity (Wildman–Crippen MR) is 81.1 cm³/mol. The molecule has 0 aliphatic carbocycles. The van der Waals surface area contributed by atoms with Crippen LogP contribution < -0.4 is 4.74 Å². The molecular formula is C17H19NO3. The van der Waals surface area contributed by atoms with Crippen molar-refractivity contribution in [3.63, 3.8) is 0 Å². The second-order valence-electron chi connectivity index (χ2n) is 4.99. The summed E-state index contributed by atoms with van der Waals surface area (Å²) in [6, 6.07) is 13.6. The predicted octanol–water partition coefficient (Wildman–Crippen LogP) is 3.20. The number of methoxy groups -OCH3 is 1. The first-order valence-corrected chi connectivity index (χ1v) is 6.87. The van der Waals surface area contributed by atoms with Crippen LogP contribution in [0.4, 0.5) is 0 Å². The molecule has 4 nitrogen and oxygen atoms in total. The van der Waals surface area contributed by atoms with Gasteiger partial charge in [-0.3, -0.25) is 0 Å². The molecule has 3 atom stereocenters. The molecule has 0 fully saturated rings. The molecule has 0 aliphatic rings. The lowest BCUT2D eigenvalue weighted by Crippen LogP contribution is -2.24. The number of nitriles is 1. The van der Waals surface area contributed by atoms with Crippen LogP contribution in [0.25, 0.3) is 10.8 Å². The largest absolute Gasteiger partial charge is 0.496 e. The Morgan fingerprint density at radius 3 is 2.33 bits per heavy atom. The van der Waals surface area contributed by atoms with Crippen molar-refractivity contribution in [3.05, 3.63) is 42.0 Å². The minimum Gasteiger partial charge on any atom is -0.496 e. The Bertz CT molecular complexity index is 661. The van der Waals surface area contributed by atoms with E-state index in [1.54, 1.807) is 21.0 Å². The first-order valence-electron chi connectivity index (χ1n) is 6.87. The maximum atomic E-state index is 9.55. The van der Waals surface area contributed by atoms with Gasteiger partial charge in [-0.1, -0.05) is 30.3 Å². The van der Waals surface area contributed by atoms with Gasteiger partial charge in [-0.2, -0.15) is 5.26 Å². The summed E-state index contributed by atoms with van der Waals surface area (Å²) in [5.74, 6) is 0.759. The highest BCUT2D eigenvalue weighted by Gasteiger charge is 2.20. The van der Waals surface area contributed by atoms with E-state index < -0.39 is 18.3 Å². The normalized spacial score (nSPS) is 15.2. The van der Waals surface area contributed by atoms with Crippen molar-refractivity contribution in [2.24, 2.45) is 0 Å². The molecule has 2 rings (SSSR count). The number of aliphatic hydroxyl groups is 1. The Kier molecular flexibility index (Phi) is 4.79. The minimum absolute atomic E-state index is 0.421. The molecule has 4 heteroatoms. The van der Waals surface area contributed by atoms with E-state index in [-0.39, 0.29) is 0 Å². The van der Waals surface area contributed by atoms with Gasteiger partial charge in [0, 0.05) is 10.9 Å². The number of nitrogens with zero attached hydrogens (tertiary/aromatic N) is 1. The summed E-state index contributed by atoms with van der Waals surface area (Å²) < 4.78 is 11.0. The maximum Gasteiger partial charge on any atom is 0.170 e. The smallest absolute Gasteiger partial charge is 0.170 e. The summed E-state index contributed by atoms with van der Waals surface area (Å²) in [7, 11) is 1.62. The first-order chi connectivity index (χ1) is 10.1. The molecule has 0 aliphatic heterocycles. The molecular weight excluding hydrogens is 266 g/mol. The number of benzene rings is 2. The lowest BCUT2D eigenvalue weighted by molar-refractivity contribution is -0.0421. The minimum atomic E-state index is -0.731. The van der Waals surface area contributed by atoms with Crippen molar-refractivity contribution in [2.75, 3.05) is 7.11 Å². The average molecular weight is 285 g/mol. The van der Waals surface area contributed by atoms with Crippen molar-refractivity contribution in [2.45, 2.75) is 32.2 Å². The fraction of sp³-hybridized carbons (Fsp3) is 0.353. The monoisotopic (exact) mass is 285 g/mol. The van der Waals surface area contributed by atoms with Gasteiger partial charge in [-0.25, -0.2) is 0 Å². The number of fused-ring (bicyclic) bond motifs is 1. The Morgan fingerprint density at radius 2 is 1.76 bits per heavy atom. The van der Waals surface area contributed by atoms with E-state index in [2.05, 4.69) is 6.07 Å². The highest BCUT2D eigenvalue weighted by atomic mass is 16.5. The molecule has 0 aromatic heterocycles. The van der Waals surface area contributed by atoms with Gasteiger partial charge < -0.3 is 14.6 Å². The Hall–Kier alpha value is -2.09. The third kappa shape index (κ3) is 3.15. The van der Waals surface area contributed by atoms with Crippen LogP contribution in [-0.2, 0) is 4.74 Å². The van der Waals surface area contributed by atoms with Gasteiger partial charge in [0.25, 0.3) is 0 Å². The summed E-state index contributed by atoms with van der Waals surface area (Å²) in [5, 5.41) is 20.8. The molecule has 3 unspecified atom stereocenters. The van der Waals surface area contributed by atoms with Crippen LogP contribution in [0, 0.1) is 11.3 Å². The van der Waals surface area contributed by atoms with Crippen molar-refractivity contribution < 1.29 is 14.6 Å². The van der Waals surface area contributed by atoms with Gasteiger partial charge in [0.2, 0.25) is 0 Å². The second-order valence-corrected chi connectivity index (χ2v) is 4.99. The van der Waals surface area contributed by atoms with E-state index >= 15 is 0 Å². The van der Waals surface area contributed by atoms with E-state index in [1.165, 1.54) is 0 Å². The molecule has 2 aromatic carbocycles. The van der Waals surface area contributed by atoms with Gasteiger partial charge in [-0.05, 0) is 25.3 Å². The third-order valence-corrected chi connectivity index (χ3v) is 3.57. The SMILES string of the molecule is COc1ccc(C(C#N)OC(C)C(C)O)c2ccccc12. The molecule has 0 bridgehead atoms. The molecule has 0 saturated carbocycles. The lowest BCUT2D eigenvalue weighted by Gasteiger charge is -2.21. The van der Waals surface area contributed by atoms with Gasteiger partial charge in [-0.15, -0.1) is 0 Å².